The Morgan fingerprint density at radius 3 is 1.09 bits per heavy atom. The van der Waals surface area contributed by atoms with E-state index in [9.17, 15) is 0 Å². The molecule has 0 aliphatic heterocycles. The topological polar surface area (TPSA) is 22.8 Å². The fourth-order valence-electron chi connectivity index (χ4n) is 10.2. The van der Waals surface area contributed by atoms with Crippen LogP contribution < -0.4 is 0 Å². The summed E-state index contributed by atoms with van der Waals surface area (Å²) < 4.78 is 4.90. The van der Waals surface area contributed by atoms with Crippen molar-refractivity contribution in [1.29, 1.82) is 0 Å². The number of hydrogen-bond acceptors (Lipinski definition) is 1. The maximum absolute atomic E-state index is 5.24. The van der Waals surface area contributed by atoms with Gasteiger partial charge in [-0.1, -0.05) is 97.1 Å². The second-order valence-corrected chi connectivity index (χ2v) is 16.3. The predicted octanol–water partition coefficient (Wildman–Crippen LogP) is 14.7. The lowest BCUT2D eigenvalue weighted by atomic mass is 9.84. The molecule has 0 fully saturated rings. The van der Waals surface area contributed by atoms with E-state index in [-0.39, 0.29) is 0 Å². The highest BCUT2D eigenvalue weighted by Gasteiger charge is 2.24. The summed E-state index contributed by atoms with van der Waals surface area (Å²) in [5.41, 5.74) is 24.7. The highest BCUT2D eigenvalue weighted by molar-refractivity contribution is 6.10. The molecule has 0 radical (unpaired) electrons. The van der Waals surface area contributed by atoms with Crippen LogP contribution in [0.5, 0.6) is 0 Å². The van der Waals surface area contributed by atoms with Gasteiger partial charge in [0.25, 0.3) is 0 Å². The summed E-state index contributed by atoms with van der Waals surface area (Å²) in [6, 6.07) is 48.9. The zero-order chi connectivity index (χ0) is 40.0. The standard InChI is InChI=1S/C55H47N3/c1-32-25-28-40(36(5)51(32)52-33(2)26-29-45(37(52)6)57-47-21-13-9-17-41(47)42-18-10-14-22-48(42)57)55-39(8)54(35(4)31-56-55)53-34(3)27-30-46(38(53)7)58-49-23-15-11-19-43(49)44-20-12-16-24-50(44)58/h9-31H,1-8H3. The van der Waals surface area contributed by atoms with Gasteiger partial charge in [-0.3, -0.25) is 4.98 Å². The van der Waals surface area contributed by atoms with Crippen LogP contribution in [0.2, 0.25) is 0 Å². The van der Waals surface area contributed by atoms with E-state index in [1.54, 1.807) is 0 Å². The number of fused-ring (bicyclic) bond motifs is 6. The molecule has 0 N–H and O–H groups in total. The summed E-state index contributed by atoms with van der Waals surface area (Å²) in [6.45, 7) is 18.1. The fourth-order valence-corrected chi connectivity index (χ4v) is 10.2. The monoisotopic (exact) mass is 749 g/mol. The molecule has 282 valence electrons. The van der Waals surface area contributed by atoms with Gasteiger partial charge in [0.15, 0.2) is 0 Å². The van der Waals surface area contributed by atoms with Crippen molar-refractivity contribution < 1.29 is 0 Å². The lowest BCUT2D eigenvalue weighted by Crippen LogP contribution is -2.05. The Balaban J connectivity index is 1.16. The van der Waals surface area contributed by atoms with Gasteiger partial charge in [-0.05, 0) is 159 Å². The van der Waals surface area contributed by atoms with Crippen LogP contribution in [0.4, 0.5) is 0 Å². The van der Waals surface area contributed by atoms with Crippen LogP contribution in [0.3, 0.4) is 0 Å². The lowest BCUT2D eigenvalue weighted by Gasteiger charge is -2.24. The van der Waals surface area contributed by atoms with Crippen LogP contribution in [0.25, 0.3) is 88.5 Å². The van der Waals surface area contributed by atoms with Crippen LogP contribution in [-0.4, -0.2) is 14.1 Å². The number of para-hydroxylation sites is 4. The van der Waals surface area contributed by atoms with E-state index in [1.165, 1.54) is 127 Å². The smallest absolute Gasteiger partial charge is 0.0740 e. The van der Waals surface area contributed by atoms with Crippen LogP contribution in [0, 0.1) is 55.4 Å². The number of rotatable bonds is 5. The first kappa shape index (κ1) is 35.7. The SMILES string of the molecule is Cc1ccc(-c2ncc(C)c(-c3c(C)ccc(-n4c5ccccc5c5ccccc54)c3C)c2C)c(C)c1-c1c(C)ccc(-n2c3ccccc3c3ccccc32)c1C. The normalized spacial score (nSPS) is 11.8. The van der Waals surface area contributed by atoms with Gasteiger partial charge in [0.1, 0.15) is 0 Å². The number of hydrogen-bond donors (Lipinski definition) is 0. The number of aryl methyl sites for hydroxylation is 4. The maximum atomic E-state index is 5.24. The largest absolute Gasteiger partial charge is 0.309 e. The molecule has 0 aliphatic carbocycles. The molecule has 0 saturated heterocycles. The molecule has 7 aromatic carbocycles. The van der Waals surface area contributed by atoms with E-state index < -0.39 is 0 Å². The lowest BCUT2D eigenvalue weighted by molar-refractivity contribution is 1.14. The summed E-state index contributed by atoms with van der Waals surface area (Å²) in [6.07, 6.45) is 2.09. The average Bonchev–Trinajstić information content (AvgIpc) is 3.74. The minimum atomic E-state index is 1.04. The summed E-state index contributed by atoms with van der Waals surface area (Å²) >= 11 is 0. The number of aromatic nitrogens is 3. The molecule has 58 heavy (non-hydrogen) atoms. The molecule has 10 aromatic rings. The van der Waals surface area contributed by atoms with Crippen molar-refractivity contribution >= 4 is 43.6 Å². The average molecular weight is 750 g/mol. The third-order valence-corrected chi connectivity index (χ3v) is 12.9. The Labute approximate surface area is 340 Å². The molecule has 3 heterocycles. The number of nitrogens with zero attached hydrogens (tertiary/aromatic N) is 3. The van der Waals surface area contributed by atoms with E-state index >= 15 is 0 Å². The van der Waals surface area contributed by atoms with Crippen molar-refractivity contribution in [2.75, 3.05) is 0 Å². The number of benzene rings is 7. The van der Waals surface area contributed by atoms with Crippen molar-refractivity contribution in [3.8, 4) is 44.9 Å². The molecule has 3 aromatic heterocycles. The summed E-state index contributed by atoms with van der Waals surface area (Å²) in [5, 5.41) is 5.10. The van der Waals surface area contributed by atoms with Crippen molar-refractivity contribution in [2.24, 2.45) is 0 Å². The van der Waals surface area contributed by atoms with E-state index in [0.717, 1.165) is 5.69 Å². The number of pyridine rings is 1. The predicted molar refractivity (Wildman–Crippen MR) is 247 cm³/mol. The molecule has 0 unspecified atom stereocenters. The summed E-state index contributed by atoms with van der Waals surface area (Å²) in [4.78, 5) is 5.24. The second-order valence-electron chi connectivity index (χ2n) is 16.3. The molecule has 0 atom stereocenters. The Morgan fingerprint density at radius 1 is 0.328 bits per heavy atom. The van der Waals surface area contributed by atoms with Gasteiger partial charge in [-0.25, -0.2) is 0 Å². The zero-order valence-electron chi connectivity index (χ0n) is 34.6. The van der Waals surface area contributed by atoms with Crippen molar-refractivity contribution in [3.05, 3.63) is 184 Å². The van der Waals surface area contributed by atoms with Gasteiger partial charge in [-0.2, -0.15) is 0 Å². The highest BCUT2D eigenvalue weighted by Crippen LogP contribution is 2.44. The first-order chi connectivity index (χ1) is 28.2. The third kappa shape index (κ3) is 5.16. The minimum absolute atomic E-state index is 1.04. The molecular weight excluding hydrogens is 703 g/mol. The Morgan fingerprint density at radius 2 is 0.672 bits per heavy atom. The molecular formula is C55H47N3. The zero-order valence-corrected chi connectivity index (χ0v) is 34.6. The summed E-state index contributed by atoms with van der Waals surface area (Å²) in [5.74, 6) is 0. The first-order valence-electron chi connectivity index (χ1n) is 20.4. The molecule has 0 spiro atoms. The van der Waals surface area contributed by atoms with E-state index in [2.05, 4.69) is 204 Å². The molecule has 0 bridgehead atoms. The Kier molecular flexibility index (Phi) is 8.28. The van der Waals surface area contributed by atoms with E-state index in [0.29, 0.717) is 0 Å². The van der Waals surface area contributed by atoms with Gasteiger partial charge in [0.05, 0.1) is 27.8 Å². The molecule has 10 rings (SSSR count). The third-order valence-electron chi connectivity index (χ3n) is 12.9. The molecule has 0 saturated carbocycles. The fraction of sp³-hybridized carbons (Fsp3) is 0.145. The molecule has 3 nitrogen and oxygen atoms in total. The Bertz CT molecular complexity index is 2990. The van der Waals surface area contributed by atoms with Crippen LogP contribution in [0.1, 0.15) is 44.5 Å². The molecule has 3 heteroatoms. The minimum Gasteiger partial charge on any atom is -0.309 e. The van der Waals surface area contributed by atoms with Gasteiger partial charge in [0, 0.05) is 44.7 Å². The van der Waals surface area contributed by atoms with Crippen molar-refractivity contribution in [2.45, 2.75) is 55.4 Å². The van der Waals surface area contributed by atoms with Gasteiger partial charge in [0.2, 0.25) is 0 Å². The van der Waals surface area contributed by atoms with Crippen LogP contribution >= 0.6 is 0 Å². The first-order valence-corrected chi connectivity index (χ1v) is 20.4. The summed E-state index contributed by atoms with van der Waals surface area (Å²) in [7, 11) is 0. The van der Waals surface area contributed by atoms with Crippen LogP contribution in [-0.2, 0) is 0 Å². The Hall–Kier alpha value is -6.71. The van der Waals surface area contributed by atoms with E-state index in [1.807, 2.05) is 0 Å². The van der Waals surface area contributed by atoms with Gasteiger partial charge in [-0.15, -0.1) is 0 Å². The van der Waals surface area contributed by atoms with Gasteiger partial charge >= 0.3 is 0 Å². The van der Waals surface area contributed by atoms with Gasteiger partial charge < -0.3 is 9.13 Å². The molecule has 0 aliphatic rings. The second kappa shape index (κ2) is 13.5. The van der Waals surface area contributed by atoms with Crippen molar-refractivity contribution in [3.63, 3.8) is 0 Å². The van der Waals surface area contributed by atoms with Crippen molar-refractivity contribution in [1.82, 2.24) is 14.1 Å². The quantitative estimate of drug-likeness (QED) is 0.172. The molecule has 0 amide bonds. The van der Waals surface area contributed by atoms with Crippen LogP contribution in [0.15, 0.2) is 140 Å². The van der Waals surface area contributed by atoms with E-state index in [4.69, 9.17) is 4.98 Å². The maximum Gasteiger partial charge on any atom is 0.0740 e. The highest BCUT2D eigenvalue weighted by atomic mass is 15.0.